The van der Waals surface area contributed by atoms with E-state index in [9.17, 15) is 9.18 Å². The van der Waals surface area contributed by atoms with E-state index in [2.05, 4.69) is 10.1 Å². The Balaban J connectivity index is 1.52. The zero-order valence-electron chi connectivity index (χ0n) is 17.2. The molecule has 1 aromatic carbocycles. The Labute approximate surface area is 193 Å². The zero-order chi connectivity index (χ0) is 22.7. The van der Waals surface area contributed by atoms with Gasteiger partial charge in [-0.15, -0.1) is 0 Å². The fourth-order valence-corrected chi connectivity index (χ4v) is 4.21. The number of thioether (sulfide) groups is 1. The van der Waals surface area contributed by atoms with Crippen molar-refractivity contribution in [1.29, 1.82) is 0 Å². The minimum atomic E-state index is -1.79. The summed E-state index contributed by atoms with van der Waals surface area (Å²) in [6, 6.07) is 8.96. The molecule has 0 unspecified atom stereocenters. The molecular formula is C21H17B3FN3O3S. The van der Waals surface area contributed by atoms with Crippen molar-refractivity contribution in [1.82, 2.24) is 15.0 Å². The van der Waals surface area contributed by atoms with Crippen LogP contribution in [0.25, 0.3) is 11.3 Å². The van der Waals surface area contributed by atoms with E-state index in [1.54, 1.807) is 24.3 Å². The van der Waals surface area contributed by atoms with Crippen molar-refractivity contribution in [3.05, 3.63) is 65.3 Å². The topological polar surface area (TPSA) is 68.5 Å². The molecule has 0 N–H and O–H groups in total. The van der Waals surface area contributed by atoms with Gasteiger partial charge >= 0.3 is 0 Å². The van der Waals surface area contributed by atoms with Crippen molar-refractivity contribution >= 4 is 41.2 Å². The highest BCUT2D eigenvalue weighted by Crippen LogP contribution is 2.30. The lowest BCUT2D eigenvalue weighted by Gasteiger charge is -2.26. The zero-order valence-corrected chi connectivity index (χ0v) is 18.0. The highest BCUT2D eigenvalue weighted by atomic mass is 32.2. The first-order valence-electron chi connectivity index (χ1n) is 9.90. The summed E-state index contributed by atoms with van der Waals surface area (Å²) in [7, 11) is 17.4. The summed E-state index contributed by atoms with van der Waals surface area (Å²) >= 11 is 1.83. The summed E-state index contributed by atoms with van der Waals surface area (Å²) in [5.41, 5.74) is 1.86. The number of carbonyl (C=O) groups excluding carboxylic acids is 1. The fourth-order valence-electron chi connectivity index (χ4n) is 3.31. The second-order valence-corrected chi connectivity index (χ2v) is 8.58. The molecule has 2 aromatic heterocycles. The first kappa shape index (κ1) is 22.5. The number of nitrogens with zero attached hydrogens (tertiary/aromatic N) is 3. The molecule has 0 spiro atoms. The summed E-state index contributed by atoms with van der Waals surface area (Å²) in [6.45, 7) is 1.40. The number of halogens is 1. The molecule has 1 aliphatic heterocycles. The smallest absolute Gasteiger partial charge is 0.255 e. The van der Waals surface area contributed by atoms with Gasteiger partial charge in [0, 0.05) is 42.4 Å². The number of ether oxygens (including phenoxy) is 1. The van der Waals surface area contributed by atoms with Gasteiger partial charge in [0.2, 0.25) is 5.88 Å². The SMILES string of the molecule is [B]C([B])([B])c1onc(-c2ccc(F)cc2)c1COc1ccc(C(=O)N2CCSCC2)cn1. The first-order chi connectivity index (χ1) is 15.3. The van der Waals surface area contributed by atoms with Gasteiger partial charge in [0.05, 0.1) is 34.7 Å². The van der Waals surface area contributed by atoms with Crippen LogP contribution in [-0.2, 0) is 11.7 Å². The summed E-state index contributed by atoms with van der Waals surface area (Å²) in [5.74, 6) is 1.74. The third kappa shape index (κ3) is 5.04. The van der Waals surface area contributed by atoms with Gasteiger partial charge in [0.1, 0.15) is 23.9 Å². The van der Waals surface area contributed by atoms with Crippen LogP contribution < -0.4 is 4.74 Å². The van der Waals surface area contributed by atoms with Gasteiger partial charge in [0.15, 0.2) is 0 Å². The van der Waals surface area contributed by atoms with Crippen LogP contribution in [0.15, 0.2) is 47.1 Å². The van der Waals surface area contributed by atoms with Crippen LogP contribution in [0.1, 0.15) is 21.7 Å². The van der Waals surface area contributed by atoms with Crippen molar-refractivity contribution in [2.24, 2.45) is 0 Å². The quantitative estimate of drug-likeness (QED) is 0.545. The second kappa shape index (κ2) is 9.44. The van der Waals surface area contributed by atoms with Crippen LogP contribution in [0.4, 0.5) is 4.39 Å². The number of pyridine rings is 1. The van der Waals surface area contributed by atoms with Gasteiger partial charge in [-0.3, -0.25) is 4.79 Å². The van der Waals surface area contributed by atoms with E-state index in [0.717, 1.165) is 24.6 Å². The van der Waals surface area contributed by atoms with Crippen molar-refractivity contribution in [2.45, 2.75) is 11.7 Å². The molecule has 6 radical (unpaired) electrons. The number of aromatic nitrogens is 2. The Bertz CT molecular complexity index is 1080. The predicted molar refractivity (Wildman–Crippen MR) is 123 cm³/mol. The fraction of sp³-hybridized carbons (Fsp3) is 0.286. The van der Waals surface area contributed by atoms with E-state index in [0.29, 0.717) is 22.4 Å². The highest BCUT2D eigenvalue weighted by molar-refractivity contribution is 7.99. The molecule has 1 saturated heterocycles. The standard InChI is InChI=1S/C21H17B3FN3O3S/c22-21(23,24)19-16(18(27-31-19)13-1-4-15(25)5-2-13)12-30-17-6-3-14(11-26-17)20(29)28-7-9-32-10-8-28/h1-6,11H,7-10,12H2. The average Bonchev–Trinajstić information content (AvgIpc) is 3.23. The molecule has 0 aliphatic carbocycles. The average molecular weight is 443 g/mol. The monoisotopic (exact) mass is 443 g/mol. The van der Waals surface area contributed by atoms with Crippen molar-refractivity contribution < 1.29 is 18.4 Å². The molecule has 32 heavy (non-hydrogen) atoms. The normalized spacial score (nSPS) is 14.3. The van der Waals surface area contributed by atoms with Crippen LogP contribution in [-0.4, -0.2) is 69.1 Å². The molecule has 1 fully saturated rings. The molecule has 156 valence electrons. The molecular weight excluding hydrogens is 426 g/mol. The van der Waals surface area contributed by atoms with Gasteiger partial charge in [0.25, 0.3) is 5.91 Å². The largest absolute Gasteiger partial charge is 0.473 e. The summed E-state index contributed by atoms with van der Waals surface area (Å²) in [5, 5.41) is 2.20. The first-order valence-corrected chi connectivity index (χ1v) is 11.1. The molecule has 6 nitrogen and oxygen atoms in total. The maximum atomic E-state index is 13.3. The Kier molecular flexibility index (Phi) is 6.64. The molecule has 0 saturated carbocycles. The molecule has 0 atom stereocenters. The molecule has 3 heterocycles. The van der Waals surface area contributed by atoms with Gasteiger partial charge in [-0.25, -0.2) is 9.37 Å². The number of rotatable bonds is 6. The maximum Gasteiger partial charge on any atom is 0.255 e. The predicted octanol–water partition coefficient (Wildman–Crippen LogP) is 2.26. The Morgan fingerprint density at radius 2 is 1.88 bits per heavy atom. The Hall–Kier alpha value is -2.68. The van der Waals surface area contributed by atoms with E-state index < -0.39 is 5.11 Å². The lowest BCUT2D eigenvalue weighted by Crippen LogP contribution is -2.37. The van der Waals surface area contributed by atoms with E-state index >= 15 is 0 Å². The van der Waals surface area contributed by atoms with Crippen LogP contribution in [0, 0.1) is 5.82 Å². The second-order valence-electron chi connectivity index (χ2n) is 7.36. The minimum Gasteiger partial charge on any atom is -0.473 e. The van der Waals surface area contributed by atoms with Crippen molar-refractivity contribution in [3.63, 3.8) is 0 Å². The summed E-state index contributed by atoms with van der Waals surface area (Å²) in [4.78, 5) is 18.6. The van der Waals surface area contributed by atoms with Crippen LogP contribution in [0.2, 0.25) is 0 Å². The minimum absolute atomic E-state index is 0.0339. The van der Waals surface area contributed by atoms with E-state index in [4.69, 9.17) is 32.8 Å². The number of amides is 1. The molecule has 11 heteroatoms. The van der Waals surface area contributed by atoms with E-state index in [-0.39, 0.29) is 30.0 Å². The van der Waals surface area contributed by atoms with Crippen LogP contribution >= 0.6 is 11.8 Å². The van der Waals surface area contributed by atoms with Crippen LogP contribution in [0.3, 0.4) is 0 Å². The summed E-state index contributed by atoms with van der Waals surface area (Å²) in [6.07, 6.45) is 1.48. The van der Waals surface area contributed by atoms with Crippen LogP contribution in [0.5, 0.6) is 5.88 Å². The van der Waals surface area contributed by atoms with E-state index in [1.807, 2.05) is 16.7 Å². The maximum absolute atomic E-state index is 13.3. The Morgan fingerprint density at radius 3 is 2.50 bits per heavy atom. The number of hydrogen-bond donors (Lipinski definition) is 0. The number of hydrogen-bond acceptors (Lipinski definition) is 6. The van der Waals surface area contributed by atoms with Gasteiger partial charge in [-0.1, -0.05) is 10.3 Å². The van der Waals surface area contributed by atoms with Crippen molar-refractivity contribution in [2.75, 3.05) is 24.6 Å². The molecule has 1 aliphatic rings. The van der Waals surface area contributed by atoms with Gasteiger partial charge in [-0.05, 0) is 30.3 Å². The van der Waals surface area contributed by atoms with Crippen molar-refractivity contribution in [3.8, 4) is 17.1 Å². The molecule has 0 bridgehead atoms. The van der Waals surface area contributed by atoms with E-state index in [1.165, 1.54) is 18.3 Å². The highest BCUT2D eigenvalue weighted by Gasteiger charge is 2.27. The lowest BCUT2D eigenvalue weighted by molar-refractivity contribution is 0.0771. The lowest BCUT2D eigenvalue weighted by atomic mass is 9.41. The Morgan fingerprint density at radius 1 is 1.16 bits per heavy atom. The summed E-state index contributed by atoms with van der Waals surface area (Å²) < 4.78 is 24.4. The third-order valence-corrected chi connectivity index (χ3v) is 5.89. The third-order valence-electron chi connectivity index (χ3n) is 4.95. The number of carbonyl (C=O) groups is 1. The molecule has 3 aromatic rings. The molecule has 1 amide bonds. The van der Waals surface area contributed by atoms with Gasteiger partial charge in [-0.2, -0.15) is 11.8 Å². The van der Waals surface area contributed by atoms with Gasteiger partial charge < -0.3 is 14.2 Å². The molecule has 4 rings (SSSR count). The number of benzene rings is 1.